The van der Waals surface area contributed by atoms with Gasteiger partial charge in [-0.3, -0.25) is 0 Å². The van der Waals surface area contributed by atoms with Crippen LogP contribution in [0.5, 0.6) is 0 Å². The molecule has 0 aliphatic heterocycles. The number of thiophene rings is 1. The maximum atomic E-state index is 9.13. The SMILES string of the molecule is CCCc1c(-c2ccc(Cl)cc2Br)sc(C#N)c1N. The highest BCUT2D eigenvalue weighted by Crippen LogP contribution is 2.42. The Morgan fingerprint density at radius 1 is 1.47 bits per heavy atom. The zero-order valence-electron chi connectivity index (χ0n) is 10.3. The van der Waals surface area contributed by atoms with Gasteiger partial charge >= 0.3 is 0 Å². The molecule has 1 aromatic carbocycles. The first kappa shape index (κ1) is 14.4. The molecule has 0 atom stereocenters. The van der Waals surface area contributed by atoms with Crippen LogP contribution < -0.4 is 5.73 Å². The first-order valence-corrected chi connectivity index (χ1v) is 7.83. The van der Waals surface area contributed by atoms with Crippen LogP contribution in [0.3, 0.4) is 0 Å². The average molecular weight is 356 g/mol. The third-order valence-corrected chi connectivity index (χ3v) is 4.90. The van der Waals surface area contributed by atoms with Gasteiger partial charge in [0.05, 0.1) is 5.69 Å². The number of hydrogen-bond acceptors (Lipinski definition) is 3. The summed E-state index contributed by atoms with van der Waals surface area (Å²) in [5.41, 5.74) is 8.78. The Morgan fingerprint density at radius 3 is 2.79 bits per heavy atom. The van der Waals surface area contributed by atoms with Crippen LogP contribution in [0.1, 0.15) is 23.8 Å². The van der Waals surface area contributed by atoms with Crippen LogP contribution in [0.4, 0.5) is 5.69 Å². The number of rotatable bonds is 3. The maximum Gasteiger partial charge on any atom is 0.128 e. The highest BCUT2D eigenvalue weighted by Gasteiger charge is 2.18. The molecule has 5 heteroatoms. The topological polar surface area (TPSA) is 49.8 Å². The third kappa shape index (κ3) is 2.79. The summed E-state index contributed by atoms with van der Waals surface area (Å²) >= 11 is 10.9. The van der Waals surface area contributed by atoms with Crippen LogP contribution in [-0.4, -0.2) is 0 Å². The second kappa shape index (κ2) is 5.96. The van der Waals surface area contributed by atoms with E-state index >= 15 is 0 Å². The maximum absolute atomic E-state index is 9.13. The summed E-state index contributed by atoms with van der Waals surface area (Å²) in [6, 6.07) is 7.83. The Kier molecular flexibility index (Phi) is 4.51. The van der Waals surface area contributed by atoms with Crippen LogP contribution in [0.2, 0.25) is 5.02 Å². The first-order chi connectivity index (χ1) is 9.08. The van der Waals surface area contributed by atoms with E-state index in [1.807, 2.05) is 18.2 Å². The highest BCUT2D eigenvalue weighted by atomic mass is 79.9. The zero-order valence-corrected chi connectivity index (χ0v) is 13.5. The molecule has 0 amide bonds. The van der Waals surface area contributed by atoms with Gasteiger partial charge in [-0.15, -0.1) is 11.3 Å². The Balaban J connectivity index is 2.64. The number of nitrogens with zero attached hydrogens (tertiary/aromatic N) is 1. The lowest BCUT2D eigenvalue weighted by atomic mass is 10.0. The molecule has 1 heterocycles. The van der Waals surface area contributed by atoms with Gasteiger partial charge in [-0.2, -0.15) is 5.26 Å². The van der Waals surface area contributed by atoms with Gasteiger partial charge in [0.1, 0.15) is 10.9 Å². The molecule has 98 valence electrons. The van der Waals surface area contributed by atoms with E-state index in [2.05, 4.69) is 28.9 Å². The second-order valence-corrected chi connectivity index (χ2v) is 6.45. The number of nitrogen functional groups attached to an aromatic ring is 1. The summed E-state index contributed by atoms with van der Waals surface area (Å²) in [7, 11) is 0. The molecule has 2 N–H and O–H groups in total. The molecule has 2 aromatic rings. The lowest BCUT2D eigenvalue weighted by Gasteiger charge is -2.06. The molecule has 19 heavy (non-hydrogen) atoms. The van der Waals surface area contributed by atoms with Crippen LogP contribution in [0.15, 0.2) is 22.7 Å². The molecule has 0 spiro atoms. The summed E-state index contributed by atoms with van der Waals surface area (Å²) in [6.07, 6.45) is 1.86. The number of nitrogens with two attached hydrogens (primary N) is 1. The van der Waals surface area contributed by atoms with E-state index in [9.17, 15) is 0 Å². The molecule has 2 nitrogen and oxygen atoms in total. The van der Waals surface area contributed by atoms with Gasteiger partial charge in [0.15, 0.2) is 0 Å². The molecule has 0 radical (unpaired) electrons. The van der Waals surface area contributed by atoms with Crippen molar-refractivity contribution in [3.8, 4) is 16.5 Å². The van der Waals surface area contributed by atoms with Crippen molar-refractivity contribution in [1.29, 1.82) is 5.26 Å². The predicted molar refractivity (Wildman–Crippen MR) is 85.6 cm³/mol. The summed E-state index contributed by atoms with van der Waals surface area (Å²) < 4.78 is 0.920. The van der Waals surface area contributed by atoms with E-state index in [0.717, 1.165) is 33.3 Å². The van der Waals surface area contributed by atoms with Crippen molar-refractivity contribution in [3.63, 3.8) is 0 Å². The molecule has 0 bridgehead atoms. The van der Waals surface area contributed by atoms with Crippen molar-refractivity contribution < 1.29 is 0 Å². The molecular weight excluding hydrogens is 344 g/mol. The number of halogens is 2. The molecular formula is C14H12BrClN2S. The van der Waals surface area contributed by atoms with Gasteiger partial charge in [0.2, 0.25) is 0 Å². The lowest BCUT2D eigenvalue weighted by Crippen LogP contribution is -1.93. The van der Waals surface area contributed by atoms with Crippen molar-refractivity contribution in [3.05, 3.63) is 38.1 Å². The Labute approximate surface area is 129 Å². The van der Waals surface area contributed by atoms with Crippen molar-refractivity contribution in [2.75, 3.05) is 5.73 Å². The number of nitriles is 1. The van der Waals surface area contributed by atoms with Gasteiger partial charge in [-0.05, 0) is 24.1 Å². The van der Waals surface area contributed by atoms with E-state index < -0.39 is 0 Å². The molecule has 0 saturated carbocycles. The van der Waals surface area contributed by atoms with E-state index in [4.69, 9.17) is 22.6 Å². The van der Waals surface area contributed by atoms with Gasteiger partial charge in [-0.25, -0.2) is 0 Å². The fourth-order valence-electron chi connectivity index (χ4n) is 1.95. The van der Waals surface area contributed by atoms with Gasteiger partial charge in [-0.1, -0.05) is 46.9 Å². The van der Waals surface area contributed by atoms with Gasteiger partial charge in [0, 0.05) is 19.9 Å². The van der Waals surface area contributed by atoms with Crippen LogP contribution in [0, 0.1) is 11.3 Å². The van der Waals surface area contributed by atoms with E-state index in [0.29, 0.717) is 15.6 Å². The summed E-state index contributed by atoms with van der Waals surface area (Å²) in [6.45, 7) is 2.10. The minimum absolute atomic E-state index is 0.584. The van der Waals surface area contributed by atoms with Crippen molar-refractivity contribution in [2.24, 2.45) is 0 Å². The van der Waals surface area contributed by atoms with Crippen LogP contribution in [0.25, 0.3) is 10.4 Å². The third-order valence-electron chi connectivity index (χ3n) is 2.83. The summed E-state index contributed by atoms with van der Waals surface area (Å²) in [5, 5.41) is 9.81. The minimum atomic E-state index is 0.584. The van der Waals surface area contributed by atoms with Crippen molar-refractivity contribution in [2.45, 2.75) is 19.8 Å². The smallest absolute Gasteiger partial charge is 0.128 e. The van der Waals surface area contributed by atoms with E-state index in [1.165, 1.54) is 11.3 Å². The van der Waals surface area contributed by atoms with Crippen LogP contribution >= 0.6 is 38.9 Å². The molecule has 0 aliphatic rings. The Bertz CT molecular complexity index is 658. The summed E-state index contributed by atoms with van der Waals surface area (Å²) in [5.74, 6) is 0. The van der Waals surface area contributed by atoms with Gasteiger partial charge < -0.3 is 5.73 Å². The first-order valence-electron chi connectivity index (χ1n) is 5.85. The standard InChI is InChI=1S/C14H12BrClN2S/c1-2-3-10-13(18)12(7-17)19-14(10)9-5-4-8(16)6-11(9)15/h4-6H,2-3,18H2,1H3. The zero-order chi connectivity index (χ0) is 14.0. The van der Waals surface area contributed by atoms with Crippen molar-refractivity contribution in [1.82, 2.24) is 0 Å². The fraction of sp³-hybridized carbons (Fsp3) is 0.214. The Morgan fingerprint density at radius 2 is 2.21 bits per heavy atom. The molecule has 0 fully saturated rings. The largest absolute Gasteiger partial charge is 0.397 e. The van der Waals surface area contributed by atoms with Crippen molar-refractivity contribution >= 4 is 44.6 Å². The average Bonchev–Trinajstić information content (AvgIpc) is 2.68. The van der Waals surface area contributed by atoms with E-state index in [1.54, 1.807) is 0 Å². The molecule has 0 saturated heterocycles. The number of anilines is 1. The molecule has 0 unspecified atom stereocenters. The van der Waals surface area contributed by atoms with Gasteiger partial charge in [0.25, 0.3) is 0 Å². The summed E-state index contributed by atoms with van der Waals surface area (Å²) in [4.78, 5) is 1.64. The normalized spacial score (nSPS) is 10.4. The Hall–Kier alpha value is -1.02. The van der Waals surface area contributed by atoms with Crippen LogP contribution in [-0.2, 0) is 6.42 Å². The predicted octanol–water partition coefficient (Wildman–Crippen LogP) is 5.24. The second-order valence-electron chi connectivity index (χ2n) is 4.14. The number of hydrogen-bond donors (Lipinski definition) is 1. The number of benzene rings is 1. The van der Waals surface area contributed by atoms with E-state index in [-0.39, 0.29) is 0 Å². The quantitative estimate of drug-likeness (QED) is 0.818. The minimum Gasteiger partial charge on any atom is -0.397 e. The molecule has 1 aromatic heterocycles. The lowest BCUT2D eigenvalue weighted by molar-refractivity contribution is 0.930. The monoisotopic (exact) mass is 354 g/mol. The highest BCUT2D eigenvalue weighted by molar-refractivity contribution is 9.10. The molecule has 0 aliphatic carbocycles. The fourth-order valence-corrected chi connectivity index (χ4v) is 4.07. The molecule has 2 rings (SSSR count).